The van der Waals surface area contributed by atoms with Gasteiger partial charge < -0.3 is 11.1 Å². The summed E-state index contributed by atoms with van der Waals surface area (Å²) in [6.45, 7) is 6.06. The fourth-order valence-corrected chi connectivity index (χ4v) is 0.948. The molecule has 0 spiro atoms. The lowest BCUT2D eigenvalue weighted by Crippen LogP contribution is -2.11. The van der Waals surface area contributed by atoms with Gasteiger partial charge in [0.25, 0.3) is 0 Å². The quantitative estimate of drug-likeness (QED) is 0.702. The first kappa shape index (κ1) is 8.84. The van der Waals surface area contributed by atoms with E-state index < -0.39 is 0 Å². The van der Waals surface area contributed by atoms with Gasteiger partial charge in [-0.15, -0.1) is 0 Å². The van der Waals surface area contributed by atoms with Crippen LogP contribution in [0.3, 0.4) is 0 Å². The Morgan fingerprint density at radius 1 is 1.42 bits per heavy atom. The molecule has 0 bridgehead atoms. The zero-order chi connectivity index (χ0) is 9.14. The molecule has 3 N–H and O–H groups in total. The summed E-state index contributed by atoms with van der Waals surface area (Å²) in [6.07, 6.45) is 0. The van der Waals surface area contributed by atoms with Crippen molar-refractivity contribution in [2.24, 2.45) is 0 Å². The maximum Gasteiger partial charge on any atom is 0.126 e. The van der Waals surface area contributed by atoms with Gasteiger partial charge in [-0.2, -0.15) is 0 Å². The third-order valence-electron chi connectivity index (χ3n) is 1.56. The number of hydrogen-bond donors (Lipinski definition) is 2. The Labute approximate surface area is 73.0 Å². The summed E-state index contributed by atoms with van der Waals surface area (Å²) in [5, 5.41) is 3.21. The minimum atomic E-state index is 0.403. The second kappa shape index (κ2) is 3.43. The van der Waals surface area contributed by atoms with Crippen molar-refractivity contribution in [1.29, 1.82) is 0 Å². The molecule has 3 nitrogen and oxygen atoms in total. The van der Waals surface area contributed by atoms with Crippen LogP contribution in [0.2, 0.25) is 0 Å². The first-order valence-corrected chi connectivity index (χ1v) is 4.09. The van der Waals surface area contributed by atoms with Crippen molar-refractivity contribution < 1.29 is 0 Å². The molecule has 1 aromatic heterocycles. The van der Waals surface area contributed by atoms with Crippen LogP contribution >= 0.6 is 0 Å². The van der Waals surface area contributed by atoms with Crippen LogP contribution in [0.4, 0.5) is 11.5 Å². The molecule has 0 radical (unpaired) electrons. The first-order chi connectivity index (χ1) is 5.59. The van der Waals surface area contributed by atoms with Crippen LogP contribution in [0.15, 0.2) is 12.1 Å². The van der Waals surface area contributed by atoms with Crippen molar-refractivity contribution in [3.63, 3.8) is 0 Å². The van der Waals surface area contributed by atoms with Gasteiger partial charge in [0.15, 0.2) is 0 Å². The van der Waals surface area contributed by atoms with E-state index in [0.717, 1.165) is 17.2 Å². The maximum absolute atomic E-state index is 5.63. The molecular weight excluding hydrogens is 150 g/mol. The van der Waals surface area contributed by atoms with Crippen LogP contribution in [0.5, 0.6) is 0 Å². The predicted octanol–water partition coefficient (Wildman–Crippen LogP) is 1.79. The summed E-state index contributed by atoms with van der Waals surface area (Å²) in [5.41, 5.74) is 7.24. The van der Waals surface area contributed by atoms with E-state index in [2.05, 4.69) is 24.1 Å². The van der Waals surface area contributed by atoms with Crippen LogP contribution in [-0.2, 0) is 0 Å². The molecule has 0 atom stereocenters. The highest BCUT2D eigenvalue weighted by atomic mass is 15.0. The average molecular weight is 165 g/mol. The molecule has 1 aromatic rings. The molecule has 0 saturated heterocycles. The van der Waals surface area contributed by atoms with Crippen molar-refractivity contribution in [2.75, 3.05) is 11.1 Å². The summed E-state index contributed by atoms with van der Waals surface area (Å²) in [5.74, 6) is 0.886. The number of nitrogen functional groups attached to an aromatic ring is 1. The zero-order valence-electron chi connectivity index (χ0n) is 7.76. The largest absolute Gasteiger partial charge is 0.397 e. The second-order valence-electron chi connectivity index (χ2n) is 3.17. The van der Waals surface area contributed by atoms with Gasteiger partial charge in [0.05, 0.1) is 11.4 Å². The lowest BCUT2D eigenvalue weighted by Gasteiger charge is -2.09. The van der Waals surface area contributed by atoms with E-state index in [1.54, 1.807) is 0 Å². The summed E-state index contributed by atoms with van der Waals surface area (Å²) < 4.78 is 0. The number of pyridine rings is 1. The van der Waals surface area contributed by atoms with Crippen LogP contribution in [-0.4, -0.2) is 11.0 Å². The van der Waals surface area contributed by atoms with Crippen molar-refractivity contribution in [3.8, 4) is 0 Å². The van der Waals surface area contributed by atoms with Gasteiger partial charge in [0.1, 0.15) is 5.82 Å². The summed E-state index contributed by atoms with van der Waals surface area (Å²) in [7, 11) is 0. The Balaban J connectivity index is 2.82. The highest BCUT2D eigenvalue weighted by Crippen LogP contribution is 2.12. The van der Waals surface area contributed by atoms with Gasteiger partial charge >= 0.3 is 0 Å². The van der Waals surface area contributed by atoms with Crippen molar-refractivity contribution >= 4 is 11.5 Å². The topological polar surface area (TPSA) is 50.9 Å². The van der Waals surface area contributed by atoms with E-state index >= 15 is 0 Å². The van der Waals surface area contributed by atoms with E-state index in [9.17, 15) is 0 Å². The van der Waals surface area contributed by atoms with Crippen LogP contribution in [0.25, 0.3) is 0 Å². The maximum atomic E-state index is 5.63. The van der Waals surface area contributed by atoms with Crippen molar-refractivity contribution in [1.82, 2.24) is 4.98 Å². The van der Waals surface area contributed by atoms with E-state index in [1.807, 2.05) is 19.1 Å². The SMILES string of the molecule is Cc1nc(NC(C)C)ccc1N. The molecular formula is C9H15N3. The predicted molar refractivity (Wildman–Crippen MR) is 52.1 cm³/mol. The number of rotatable bonds is 2. The van der Waals surface area contributed by atoms with Crippen molar-refractivity contribution in [3.05, 3.63) is 17.8 Å². The molecule has 0 aliphatic rings. The molecule has 12 heavy (non-hydrogen) atoms. The summed E-state index contributed by atoms with van der Waals surface area (Å²) in [4.78, 5) is 4.28. The Kier molecular flexibility index (Phi) is 2.53. The fraction of sp³-hybridized carbons (Fsp3) is 0.444. The Bertz CT molecular complexity index is 268. The molecule has 0 amide bonds. The minimum absolute atomic E-state index is 0.403. The van der Waals surface area contributed by atoms with Crippen LogP contribution in [0, 0.1) is 6.92 Å². The Hall–Kier alpha value is -1.25. The molecule has 1 rings (SSSR count). The standard InChI is InChI=1S/C9H15N3/c1-6(2)11-9-5-4-8(10)7(3)12-9/h4-6H,10H2,1-3H3,(H,11,12). The molecule has 0 aromatic carbocycles. The molecule has 0 saturated carbocycles. The summed E-state index contributed by atoms with van der Waals surface area (Å²) in [6, 6.07) is 4.16. The van der Waals surface area contributed by atoms with Crippen LogP contribution < -0.4 is 11.1 Å². The number of anilines is 2. The van der Waals surface area contributed by atoms with E-state index in [0.29, 0.717) is 6.04 Å². The number of nitrogens with one attached hydrogen (secondary N) is 1. The van der Waals surface area contributed by atoms with Gasteiger partial charge in [-0.1, -0.05) is 0 Å². The average Bonchev–Trinajstić information content (AvgIpc) is 1.96. The minimum Gasteiger partial charge on any atom is -0.397 e. The third-order valence-corrected chi connectivity index (χ3v) is 1.56. The highest BCUT2D eigenvalue weighted by Gasteiger charge is 1.98. The Morgan fingerprint density at radius 3 is 2.58 bits per heavy atom. The lowest BCUT2D eigenvalue weighted by atomic mass is 10.3. The molecule has 0 aliphatic heterocycles. The van der Waals surface area contributed by atoms with E-state index in [-0.39, 0.29) is 0 Å². The van der Waals surface area contributed by atoms with E-state index in [4.69, 9.17) is 5.73 Å². The molecule has 0 unspecified atom stereocenters. The Morgan fingerprint density at radius 2 is 2.08 bits per heavy atom. The van der Waals surface area contributed by atoms with E-state index in [1.165, 1.54) is 0 Å². The first-order valence-electron chi connectivity index (χ1n) is 4.09. The molecule has 1 heterocycles. The molecule has 0 aliphatic carbocycles. The third kappa shape index (κ3) is 2.12. The fourth-order valence-electron chi connectivity index (χ4n) is 0.948. The van der Waals surface area contributed by atoms with Gasteiger partial charge in [0.2, 0.25) is 0 Å². The van der Waals surface area contributed by atoms with Crippen molar-refractivity contribution in [2.45, 2.75) is 26.8 Å². The van der Waals surface area contributed by atoms with Crippen LogP contribution in [0.1, 0.15) is 19.5 Å². The normalized spacial score (nSPS) is 10.3. The number of hydrogen-bond acceptors (Lipinski definition) is 3. The number of aromatic nitrogens is 1. The monoisotopic (exact) mass is 165 g/mol. The lowest BCUT2D eigenvalue weighted by molar-refractivity contribution is 0.887. The molecule has 66 valence electrons. The second-order valence-corrected chi connectivity index (χ2v) is 3.17. The van der Waals surface area contributed by atoms with Gasteiger partial charge in [-0.25, -0.2) is 4.98 Å². The summed E-state index contributed by atoms with van der Waals surface area (Å²) >= 11 is 0. The number of aryl methyl sites for hydroxylation is 1. The molecule has 3 heteroatoms. The highest BCUT2D eigenvalue weighted by molar-refractivity contribution is 5.49. The van der Waals surface area contributed by atoms with Gasteiger partial charge in [-0.05, 0) is 32.9 Å². The number of nitrogens with zero attached hydrogens (tertiary/aromatic N) is 1. The zero-order valence-corrected chi connectivity index (χ0v) is 7.76. The van der Waals surface area contributed by atoms with Gasteiger partial charge in [0, 0.05) is 6.04 Å². The number of nitrogens with two attached hydrogens (primary N) is 1. The molecule has 0 fully saturated rings. The smallest absolute Gasteiger partial charge is 0.126 e. The van der Waals surface area contributed by atoms with Gasteiger partial charge in [-0.3, -0.25) is 0 Å².